The highest BCUT2D eigenvalue weighted by atomic mass is 32.2. The molecule has 2 aromatic carbocycles. The first-order valence-corrected chi connectivity index (χ1v) is 10.4. The maximum Gasteiger partial charge on any atom is 0.261 e. The van der Waals surface area contributed by atoms with Gasteiger partial charge in [0.1, 0.15) is 5.75 Å². The van der Waals surface area contributed by atoms with E-state index in [9.17, 15) is 8.42 Å². The van der Waals surface area contributed by atoms with Gasteiger partial charge in [-0.15, -0.1) is 0 Å². The summed E-state index contributed by atoms with van der Waals surface area (Å²) in [5.74, 6) is 1.35. The third-order valence-electron chi connectivity index (χ3n) is 4.76. The van der Waals surface area contributed by atoms with Gasteiger partial charge in [-0.2, -0.15) is 0 Å². The number of hydrogen-bond acceptors (Lipinski definition) is 4. The summed E-state index contributed by atoms with van der Waals surface area (Å²) in [5, 5.41) is 0. The van der Waals surface area contributed by atoms with Crippen LogP contribution in [0.4, 0.5) is 5.69 Å². The van der Waals surface area contributed by atoms with Crippen LogP contribution in [-0.2, 0) is 10.0 Å². The van der Waals surface area contributed by atoms with Crippen molar-refractivity contribution in [3.63, 3.8) is 0 Å². The Morgan fingerprint density at radius 2 is 1.65 bits per heavy atom. The van der Waals surface area contributed by atoms with Crippen LogP contribution in [0.5, 0.6) is 5.75 Å². The second kappa shape index (κ2) is 8.10. The van der Waals surface area contributed by atoms with Crippen LogP contribution in [0.1, 0.15) is 18.4 Å². The average Bonchev–Trinajstić information content (AvgIpc) is 2.62. The Hall–Kier alpha value is -2.05. The monoisotopic (exact) mass is 374 g/mol. The molecule has 1 aliphatic heterocycles. The van der Waals surface area contributed by atoms with Crippen molar-refractivity contribution < 1.29 is 13.2 Å². The number of rotatable bonds is 6. The van der Waals surface area contributed by atoms with E-state index in [0.29, 0.717) is 18.2 Å². The molecule has 0 spiro atoms. The largest absolute Gasteiger partial charge is 0.493 e. The fraction of sp³-hybridized carbons (Fsp3) is 0.400. The maximum absolute atomic E-state index is 12.4. The first-order valence-electron chi connectivity index (χ1n) is 8.93. The third-order valence-corrected chi connectivity index (χ3v) is 6.16. The molecule has 2 aromatic rings. The molecule has 1 aliphatic rings. The van der Waals surface area contributed by atoms with Crippen LogP contribution in [0, 0.1) is 12.8 Å². The van der Waals surface area contributed by atoms with E-state index in [1.54, 1.807) is 36.4 Å². The SMILES string of the molecule is Cc1ccc(S(=O)(=O)Nc2ccc(OCC3CCN(C)CC3)cc2)cc1. The molecule has 1 saturated heterocycles. The highest BCUT2D eigenvalue weighted by Crippen LogP contribution is 2.22. The van der Waals surface area contributed by atoms with E-state index in [0.717, 1.165) is 37.2 Å². The van der Waals surface area contributed by atoms with Crippen molar-refractivity contribution >= 4 is 15.7 Å². The predicted molar refractivity (Wildman–Crippen MR) is 104 cm³/mol. The summed E-state index contributed by atoms with van der Waals surface area (Å²) in [6, 6.07) is 13.9. The van der Waals surface area contributed by atoms with Gasteiger partial charge < -0.3 is 9.64 Å². The highest BCUT2D eigenvalue weighted by Gasteiger charge is 2.17. The topological polar surface area (TPSA) is 58.6 Å². The van der Waals surface area contributed by atoms with E-state index in [-0.39, 0.29) is 4.90 Å². The molecule has 0 aliphatic carbocycles. The third kappa shape index (κ3) is 4.99. The molecule has 26 heavy (non-hydrogen) atoms. The van der Waals surface area contributed by atoms with Crippen molar-refractivity contribution in [1.29, 1.82) is 0 Å². The number of sulfonamides is 1. The number of nitrogens with zero attached hydrogens (tertiary/aromatic N) is 1. The number of aryl methyl sites for hydroxylation is 1. The standard InChI is InChI=1S/C20H26N2O3S/c1-16-3-9-20(10-4-16)26(23,24)21-18-5-7-19(8-6-18)25-15-17-11-13-22(2)14-12-17/h3-10,17,21H,11-15H2,1-2H3. The van der Waals surface area contributed by atoms with Gasteiger partial charge in [0.2, 0.25) is 0 Å². The summed E-state index contributed by atoms with van der Waals surface area (Å²) in [5.41, 5.74) is 1.55. The number of benzene rings is 2. The summed E-state index contributed by atoms with van der Waals surface area (Å²) in [6.45, 7) is 4.87. The van der Waals surface area contributed by atoms with Gasteiger partial charge in [0.15, 0.2) is 0 Å². The van der Waals surface area contributed by atoms with Crippen LogP contribution in [0.3, 0.4) is 0 Å². The Labute approximate surface area is 156 Å². The molecule has 140 valence electrons. The number of piperidine rings is 1. The summed E-state index contributed by atoms with van der Waals surface area (Å²) in [7, 11) is -1.43. The quantitative estimate of drug-likeness (QED) is 0.840. The van der Waals surface area contributed by atoms with Gasteiger partial charge in [-0.05, 0) is 82.2 Å². The normalized spacial score (nSPS) is 16.4. The molecule has 0 bridgehead atoms. The minimum absolute atomic E-state index is 0.255. The van der Waals surface area contributed by atoms with Crippen molar-refractivity contribution in [2.75, 3.05) is 31.5 Å². The average molecular weight is 375 g/mol. The van der Waals surface area contributed by atoms with Gasteiger partial charge in [-0.1, -0.05) is 17.7 Å². The molecule has 1 fully saturated rings. The van der Waals surface area contributed by atoms with E-state index in [2.05, 4.69) is 16.7 Å². The Bertz CT molecular complexity index is 809. The smallest absolute Gasteiger partial charge is 0.261 e. The minimum Gasteiger partial charge on any atom is -0.493 e. The zero-order valence-electron chi connectivity index (χ0n) is 15.3. The molecule has 0 aromatic heterocycles. The summed E-state index contributed by atoms with van der Waals surface area (Å²) in [6.07, 6.45) is 2.32. The van der Waals surface area contributed by atoms with Crippen LogP contribution < -0.4 is 9.46 Å². The van der Waals surface area contributed by atoms with Crippen molar-refractivity contribution in [1.82, 2.24) is 4.90 Å². The molecule has 0 amide bonds. The summed E-state index contributed by atoms with van der Waals surface area (Å²) >= 11 is 0. The molecule has 3 rings (SSSR count). The van der Waals surface area contributed by atoms with E-state index in [1.165, 1.54) is 0 Å². The molecule has 0 saturated carbocycles. The van der Waals surface area contributed by atoms with Crippen molar-refractivity contribution in [2.45, 2.75) is 24.7 Å². The van der Waals surface area contributed by atoms with Gasteiger partial charge in [-0.25, -0.2) is 8.42 Å². The van der Waals surface area contributed by atoms with Crippen molar-refractivity contribution in [3.05, 3.63) is 54.1 Å². The molecular formula is C20H26N2O3S. The van der Waals surface area contributed by atoms with E-state index < -0.39 is 10.0 Å². The second-order valence-corrected chi connectivity index (χ2v) is 8.68. The van der Waals surface area contributed by atoms with Gasteiger partial charge in [0, 0.05) is 5.69 Å². The first-order chi connectivity index (χ1) is 12.4. The fourth-order valence-electron chi connectivity index (χ4n) is 2.99. The van der Waals surface area contributed by atoms with E-state index in [4.69, 9.17) is 4.74 Å². The number of nitrogens with one attached hydrogen (secondary N) is 1. The van der Waals surface area contributed by atoms with Gasteiger partial charge in [0.25, 0.3) is 10.0 Å². The second-order valence-electron chi connectivity index (χ2n) is 7.00. The minimum atomic E-state index is -3.57. The van der Waals surface area contributed by atoms with Crippen LogP contribution in [0.15, 0.2) is 53.4 Å². The first kappa shape index (κ1) is 18.7. The summed E-state index contributed by atoms with van der Waals surface area (Å²) < 4.78 is 33.3. The zero-order chi connectivity index (χ0) is 18.6. The Morgan fingerprint density at radius 3 is 2.27 bits per heavy atom. The maximum atomic E-state index is 12.4. The van der Waals surface area contributed by atoms with E-state index in [1.807, 2.05) is 19.1 Å². The van der Waals surface area contributed by atoms with Crippen LogP contribution >= 0.6 is 0 Å². The molecule has 5 nitrogen and oxygen atoms in total. The lowest BCUT2D eigenvalue weighted by atomic mass is 9.98. The molecule has 0 radical (unpaired) electrons. The van der Waals surface area contributed by atoms with Gasteiger partial charge in [-0.3, -0.25) is 4.72 Å². The predicted octanol–water partition coefficient (Wildman–Crippen LogP) is 3.52. The molecule has 0 atom stereocenters. The van der Waals surface area contributed by atoms with Crippen molar-refractivity contribution in [3.8, 4) is 5.75 Å². The molecule has 6 heteroatoms. The number of likely N-dealkylation sites (tertiary alicyclic amines) is 1. The van der Waals surface area contributed by atoms with E-state index >= 15 is 0 Å². The van der Waals surface area contributed by atoms with Crippen LogP contribution in [0.25, 0.3) is 0 Å². The number of anilines is 1. The number of hydrogen-bond donors (Lipinski definition) is 1. The lowest BCUT2D eigenvalue weighted by Gasteiger charge is -2.28. The van der Waals surface area contributed by atoms with Crippen molar-refractivity contribution in [2.24, 2.45) is 5.92 Å². The summed E-state index contributed by atoms with van der Waals surface area (Å²) in [4.78, 5) is 2.59. The highest BCUT2D eigenvalue weighted by molar-refractivity contribution is 7.92. The Morgan fingerprint density at radius 1 is 1.04 bits per heavy atom. The van der Waals surface area contributed by atoms with Crippen LogP contribution in [0.2, 0.25) is 0 Å². The van der Waals surface area contributed by atoms with Gasteiger partial charge >= 0.3 is 0 Å². The fourth-order valence-corrected chi connectivity index (χ4v) is 4.05. The lowest BCUT2D eigenvalue weighted by Crippen LogP contribution is -2.32. The van der Waals surface area contributed by atoms with Crippen LogP contribution in [-0.4, -0.2) is 40.1 Å². The molecule has 1 heterocycles. The molecule has 1 N–H and O–H groups in total. The Balaban J connectivity index is 1.56. The lowest BCUT2D eigenvalue weighted by molar-refractivity contribution is 0.160. The molecular weight excluding hydrogens is 348 g/mol. The Kier molecular flexibility index (Phi) is 5.84. The van der Waals surface area contributed by atoms with Gasteiger partial charge in [0.05, 0.1) is 11.5 Å². The number of ether oxygens (including phenoxy) is 1. The zero-order valence-corrected chi connectivity index (χ0v) is 16.1. The molecule has 0 unspecified atom stereocenters.